The van der Waals surface area contributed by atoms with Gasteiger partial charge in [-0.1, -0.05) is 6.92 Å². The molecule has 0 radical (unpaired) electrons. The number of alkyl halides is 1. The molecule has 1 fully saturated rings. The molecule has 2 rings (SSSR count). The first-order valence-electron chi connectivity index (χ1n) is 8.13. The Morgan fingerprint density at radius 1 is 1.17 bits per heavy atom. The molecule has 0 aliphatic carbocycles. The highest BCUT2D eigenvalue weighted by molar-refractivity contribution is 5.68. The summed E-state index contributed by atoms with van der Waals surface area (Å²) in [7, 11) is 0. The van der Waals surface area contributed by atoms with Gasteiger partial charge in [-0.15, -0.1) is 0 Å². The first kappa shape index (κ1) is 18.6. The number of hydrogen-bond acceptors (Lipinski definition) is 2. The first-order valence-corrected chi connectivity index (χ1v) is 8.13. The lowest BCUT2D eigenvalue weighted by atomic mass is 9.78. The van der Waals surface area contributed by atoms with Crippen LogP contribution in [0.2, 0.25) is 0 Å². The zero-order chi connectivity index (χ0) is 18.1. The van der Waals surface area contributed by atoms with Gasteiger partial charge in [-0.3, -0.25) is 0 Å². The molecule has 1 aliphatic heterocycles. The van der Waals surface area contributed by atoms with Crippen LogP contribution in [-0.4, -0.2) is 35.4 Å². The Morgan fingerprint density at radius 3 is 2.12 bits per heavy atom. The van der Waals surface area contributed by atoms with E-state index in [1.165, 1.54) is 4.90 Å². The molecule has 24 heavy (non-hydrogen) atoms. The number of rotatable bonds is 2. The van der Waals surface area contributed by atoms with Crippen LogP contribution in [0.5, 0.6) is 0 Å². The van der Waals surface area contributed by atoms with Gasteiger partial charge in [0, 0.05) is 25.1 Å². The van der Waals surface area contributed by atoms with Gasteiger partial charge in [0.2, 0.25) is 0 Å². The molecule has 1 heterocycles. The summed E-state index contributed by atoms with van der Waals surface area (Å²) in [6, 6.07) is 3.09. The number of likely N-dealkylation sites (tertiary alicyclic amines) is 1. The molecule has 1 aromatic carbocycles. The lowest BCUT2D eigenvalue weighted by Gasteiger charge is -2.40. The fraction of sp³-hybridized carbons (Fsp3) is 0.611. The van der Waals surface area contributed by atoms with Crippen molar-refractivity contribution in [2.24, 2.45) is 0 Å². The van der Waals surface area contributed by atoms with Gasteiger partial charge in [0.1, 0.15) is 22.9 Å². The molecule has 134 valence electrons. The molecule has 3 nitrogen and oxygen atoms in total. The van der Waals surface area contributed by atoms with Crippen molar-refractivity contribution in [3.63, 3.8) is 0 Å². The molecular weight excluding hydrogens is 319 g/mol. The standard InChI is InChI=1S/C18H24F3NO2/c1-12(13-9-14(19)11-15(20)10-13)18(21)5-7-22(8-6-18)16(23)24-17(2,3)4/h9-12H,5-8H2,1-4H3/t12-/m0/s1. The van der Waals surface area contributed by atoms with Crippen LogP contribution in [0.4, 0.5) is 18.0 Å². The van der Waals surface area contributed by atoms with E-state index in [4.69, 9.17) is 4.74 Å². The van der Waals surface area contributed by atoms with E-state index in [0.29, 0.717) is 5.56 Å². The fourth-order valence-electron chi connectivity index (χ4n) is 2.94. The number of benzene rings is 1. The first-order chi connectivity index (χ1) is 11.0. The topological polar surface area (TPSA) is 29.5 Å². The summed E-state index contributed by atoms with van der Waals surface area (Å²) >= 11 is 0. The Balaban J connectivity index is 2.04. The molecule has 0 aromatic heterocycles. The normalized spacial score (nSPS) is 19.0. The van der Waals surface area contributed by atoms with Gasteiger partial charge in [0.05, 0.1) is 0 Å². The van der Waals surface area contributed by atoms with Crippen LogP contribution in [-0.2, 0) is 4.74 Å². The van der Waals surface area contributed by atoms with E-state index < -0.39 is 34.9 Å². The van der Waals surface area contributed by atoms with Crippen LogP contribution in [0.25, 0.3) is 0 Å². The predicted molar refractivity (Wildman–Crippen MR) is 85.7 cm³/mol. The fourth-order valence-corrected chi connectivity index (χ4v) is 2.94. The van der Waals surface area contributed by atoms with Crippen LogP contribution in [0.3, 0.4) is 0 Å². The lowest BCUT2D eigenvalue weighted by Crippen LogP contribution is -2.48. The van der Waals surface area contributed by atoms with E-state index >= 15 is 4.39 Å². The van der Waals surface area contributed by atoms with Crippen LogP contribution < -0.4 is 0 Å². The van der Waals surface area contributed by atoms with E-state index in [1.807, 2.05) is 0 Å². The molecule has 1 aliphatic rings. The third-order valence-corrected chi connectivity index (χ3v) is 4.41. The molecule has 1 amide bonds. The molecule has 1 atom stereocenters. The van der Waals surface area contributed by atoms with Crippen molar-refractivity contribution in [3.05, 3.63) is 35.4 Å². The van der Waals surface area contributed by atoms with E-state index in [0.717, 1.165) is 18.2 Å². The van der Waals surface area contributed by atoms with E-state index in [2.05, 4.69) is 0 Å². The number of carbonyl (C=O) groups excluding carboxylic acids is 1. The van der Waals surface area contributed by atoms with Crippen molar-refractivity contribution in [3.8, 4) is 0 Å². The Kier molecular flexibility index (Phi) is 5.16. The van der Waals surface area contributed by atoms with Crippen molar-refractivity contribution in [2.75, 3.05) is 13.1 Å². The number of piperidine rings is 1. The molecule has 0 bridgehead atoms. The summed E-state index contributed by atoms with van der Waals surface area (Å²) in [6.07, 6.45) is -0.258. The third-order valence-electron chi connectivity index (χ3n) is 4.41. The summed E-state index contributed by atoms with van der Waals surface area (Å²) in [5, 5.41) is 0. The molecule has 0 saturated carbocycles. The number of amides is 1. The van der Waals surface area contributed by atoms with Crippen LogP contribution >= 0.6 is 0 Å². The van der Waals surface area contributed by atoms with Gasteiger partial charge in [-0.05, 0) is 51.3 Å². The summed E-state index contributed by atoms with van der Waals surface area (Å²) in [5.41, 5.74) is -1.92. The smallest absolute Gasteiger partial charge is 0.410 e. The van der Waals surface area contributed by atoms with Gasteiger partial charge >= 0.3 is 6.09 Å². The largest absolute Gasteiger partial charge is 0.444 e. The molecule has 6 heteroatoms. The minimum absolute atomic E-state index is 0.103. The second-order valence-electron chi connectivity index (χ2n) is 7.43. The summed E-state index contributed by atoms with van der Waals surface area (Å²) in [4.78, 5) is 13.5. The maximum absolute atomic E-state index is 15.3. The molecule has 0 N–H and O–H groups in total. The Hall–Kier alpha value is -1.72. The molecule has 1 aromatic rings. The number of carbonyl (C=O) groups is 1. The molecule has 0 spiro atoms. The average Bonchev–Trinajstić information content (AvgIpc) is 2.44. The summed E-state index contributed by atoms with van der Waals surface area (Å²) in [5.74, 6) is -2.10. The number of ether oxygens (including phenoxy) is 1. The minimum atomic E-state index is -1.61. The number of hydrogen-bond donors (Lipinski definition) is 0. The second-order valence-corrected chi connectivity index (χ2v) is 7.43. The highest BCUT2D eigenvalue weighted by Crippen LogP contribution is 2.40. The third kappa shape index (κ3) is 4.42. The van der Waals surface area contributed by atoms with E-state index in [9.17, 15) is 13.6 Å². The molecule has 1 saturated heterocycles. The second kappa shape index (κ2) is 6.65. The van der Waals surface area contributed by atoms with E-state index in [-0.39, 0.29) is 25.9 Å². The average molecular weight is 343 g/mol. The van der Waals surface area contributed by atoms with Gasteiger partial charge in [-0.2, -0.15) is 0 Å². The van der Waals surface area contributed by atoms with Gasteiger partial charge < -0.3 is 9.64 Å². The summed E-state index contributed by atoms with van der Waals surface area (Å²) < 4.78 is 47.3. The quantitative estimate of drug-likeness (QED) is 0.771. The maximum Gasteiger partial charge on any atom is 0.410 e. The SMILES string of the molecule is C[C@@H](c1cc(F)cc(F)c1)C1(F)CCN(C(=O)OC(C)(C)C)CC1. The van der Waals surface area contributed by atoms with Gasteiger partial charge in [-0.25, -0.2) is 18.0 Å². The Labute approximate surface area is 140 Å². The maximum atomic E-state index is 15.3. The molecule has 0 unspecified atom stereocenters. The number of halogens is 3. The monoisotopic (exact) mass is 343 g/mol. The van der Waals surface area contributed by atoms with Crippen LogP contribution in [0, 0.1) is 11.6 Å². The van der Waals surface area contributed by atoms with Crippen LogP contribution in [0.15, 0.2) is 18.2 Å². The zero-order valence-electron chi connectivity index (χ0n) is 14.5. The van der Waals surface area contributed by atoms with Crippen LogP contribution in [0.1, 0.15) is 52.0 Å². The lowest BCUT2D eigenvalue weighted by molar-refractivity contribution is -0.00216. The van der Waals surface area contributed by atoms with Crippen molar-refractivity contribution in [1.82, 2.24) is 4.90 Å². The summed E-state index contributed by atoms with van der Waals surface area (Å²) in [6.45, 7) is 7.37. The van der Waals surface area contributed by atoms with Crippen molar-refractivity contribution in [2.45, 2.75) is 57.7 Å². The molecular formula is C18H24F3NO2. The Bertz CT molecular complexity index is 585. The van der Waals surface area contributed by atoms with Gasteiger partial charge in [0.25, 0.3) is 0 Å². The minimum Gasteiger partial charge on any atom is -0.444 e. The number of nitrogens with zero attached hydrogens (tertiary/aromatic N) is 1. The highest BCUT2D eigenvalue weighted by atomic mass is 19.1. The van der Waals surface area contributed by atoms with E-state index in [1.54, 1.807) is 27.7 Å². The van der Waals surface area contributed by atoms with Crippen molar-refractivity contribution >= 4 is 6.09 Å². The highest BCUT2D eigenvalue weighted by Gasteiger charge is 2.42. The van der Waals surface area contributed by atoms with Crippen molar-refractivity contribution < 1.29 is 22.7 Å². The van der Waals surface area contributed by atoms with Crippen molar-refractivity contribution in [1.29, 1.82) is 0 Å². The predicted octanol–water partition coefficient (Wildman–Crippen LogP) is 4.81. The zero-order valence-corrected chi connectivity index (χ0v) is 14.5. The van der Waals surface area contributed by atoms with Gasteiger partial charge in [0.15, 0.2) is 0 Å². The Morgan fingerprint density at radius 2 is 1.67 bits per heavy atom.